The zero-order valence-electron chi connectivity index (χ0n) is 34.3. The average molecular weight is 778 g/mol. The van der Waals surface area contributed by atoms with Gasteiger partial charge in [-0.25, -0.2) is 0 Å². The highest BCUT2D eigenvalue weighted by molar-refractivity contribution is 6.08. The lowest BCUT2D eigenvalue weighted by atomic mass is 9.67. The predicted molar refractivity (Wildman–Crippen MR) is 256 cm³/mol. The van der Waals surface area contributed by atoms with E-state index in [4.69, 9.17) is 0 Å². The van der Waals surface area contributed by atoms with E-state index in [-0.39, 0.29) is 5.41 Å². The minimum Gasteiger partial charge on any atom is -0.310 e. The van der Waals surface area contributed by atoms with Crippen molar-refractivity contribution in [1.29, 1.82) is 0 Å². The van der Waals surface area contributed by atoms with Gasteiger partial charge in [-0.2, -0.15) is 0 Å². The van der Waals surface area contributed by atoms with Crippen LogP contribution in [0.5, 0.6) is 0 Å². The Morgan fingerprint density at radius 2 is 0.918 bits per heavy atom. The van der Waals surface area contributed by atoms with Crippen LogP contribution in [0, 0.1) is 0 Å². The Balaban J connectivity index is 1.08. The largest absolute Gasteiger partial charge is 0.310 e. The summed E-state index contributed by atoms with van der Waals surface area (Å²) in [6.07, 6.45) is 0. The first-order chi connectivity index (χ1) is 30.0. The number of nitrogens with zero attached hydrogens (tertiary/aromatic N) is 1. The van der Waals surface area contributed by atoms with Gasteiger partial charge in [-0.1, -0.05) is 202 Å². The van der Waals surface area contributed by atoms with Gasteiger partial charge in [-0.15, -0.1) is 0 Å². The second-order valence-corrected chi connectivity index (χ2v) is 17.2. The molecular formula is C60H43N. The van der Waals surface area contributed by atoms with Gasteiger partial charge >= 0.3 is 0 Å². The van der Waals surface area contributed by atoms with Crippen molar-refractivity contribution in [2.45, 2.75) is 24.7 Å². The van der Waals surface area contributed by atoms with Gasteiger partial charge in [0.05, 0.1) is 11.1 Å². The van der Waals surface area contributed by atoms with Gasteiger partial charge in [-0.05, 0) is 119 Å². The minimum absolute atomic E-state index is 0.131. The highest BCUT2D eigenvalue weighted by Gasteiger charge is 2.46. The van der Waals surface area contributed by atoms with Crippen molar-refractivity contribution in [2.24, 2.45) is 0 Å². The van der Waals surface area contributed by atoms with Gasteiger partial charge in [-0.3, -0.25) is 0 Å². The molecule has 0 N–H and O–H groups in total. The summed E-state index contributed by atoms with van der Waals surface area (Å²) in [5.74, 6) is 0. The highest BCUT2D eigenvalue weighted by Crippen LogP contribution is 2.59. The van der Waals surface area contributed by atoms with E-state index in [9.17, 15) is 0 Å². The molecule has 0 radical (unpaired) electrons. The number of fused-ring (bicyclic) bond motifs is 9. The molecule has 0 saturated carbocycles. The van der Waals surface area contributed by atoms with Crippen molar-refractivity contribution in [3.05, 3.63) is 258 Å². The third-order valence-corrected chi connectivity index (χ3v) is 13.7. The lowest BCUT2D eigenvalue weighted by Crippen LogP contribution is -2.28. The molecule has 0 aliphatic heterocycles. The Labute approximate surface area is 357 Å². The van der Waals surface area contributed by atoms with Crippen LogP contribution in [0.4, 0.5) is 17.1 Å². The molecule has 0 bridgehead atoms. The predicted octanol–water partition coefficient (Wildman–Crippen LogP) is 15.8. The molecule has 2 aliphatic rings. The summed E-state index contributed by atoms with van der Waals surface area (Å²) in [6.45, 7) is 4.74. The first-order valence-electron chi connectivity index (χ1n) is 21.4. The third kappa shape index (κ3) is 5.20. The number of hydrogen-bond donors (Lipinski definition) is 0. The molecule has 0 heterocycles. The lowest BCUT2D eigenvalue weighted by Gasteiger charge is -2.35. The maximum atomic E-state index is 2.51. The summed E-state index contributed by atoms with van der Waals surface area (Å²) >= 11 is 0. The fraction of sp³-hybridized carbons (Fsp3) is 0.0667. The molecule has 10 aromatic carbocycles. The van der Waals surface area contributed by atoms with E-state index in [1.807, 2.05) is 0 Å². The van der Waals surface area contributed by atoms with Gasteiger partial charge in [0.25, 0.3) is 0 Å². The van der Waals surface area contributed by atoms with Crippen LogP contribution in [0.1, 0.15) is 47.2 Å². The average Bonchev–Trinajstić information content (AvgIpc) is 3.75. The molecule has 0 amide bonds. The topological polar surface area (TPSA) is 3.24 Å². The van der Waals surface area contributed by atoms with Crippen LogP contribution >= 0.6 is 0 Å². The Morgan fingerprint density at radius 3 is 1.69 bits per heavy atom. The molecule has 288 valence electrons. The summed E-state index contributed by atoms with van der Waals surface area (Å²) in [4.78, 5) is 2.51. The maximum Gasteiger partial charge on any atom is 0.0714 e. The van der Waals surface area contributed by atoms with Crippen molar-refractivity contribution in [2.75, 3.05) is 4.90 Å². The second kappa shape index (κ2) is 13.5. The summed E-state index contributed by atoms with van der Waals surface area (Å²) in [6, 6.07) is 83.6. The Hall–Kier alpha value is -7.48. The van der Waals surface area contributed by atoms with E-state index in [1.54, 1.807) is 0 Å². The van der Waals surface area contributed by atoms with Crippen LogP contribution in [-0.4, -0.2) is 0 Å². The van der Waals surface area contributed by atoms with Crippen molar-refractivity contribution in [3.63, 3.8) is 0 Å². The van der Waals surface area contributed by atoms with Gasteiger partial charge in [0.1, 0.15) is 0 Å². The molecule has 12 rings (SSSR count). The van der Waals surface area contributed by atoms with E-state index in [0.717, 1.165) is 11.4 Å². The quantitative estimate of drug-likeness (QED) is 0.152. The zero-order chi connectivity index (χ0) is 40.7. The molecule has 0 unspecified atom stereocenters. The molecule has 0 saturated heterocycles. The summed E-state index contributed by atoms with van der Waals surface area (Å²) < 4.78 is 0. The van der Waals surface area contributed by atoms with Crippen LogP contribution in [0.3, 0.4) is 0 Å². The molecule has 0 fully saturated rings. The number of hydrogen-bond acceptors (Lipinski definition) is 1. The van der Waals surface area contributed by atoms with Crippen LogP contribution in [0.2, 0.25) is 0 Å². The normalized spacial score (nSPS) is 14.0. The molecule has 2 aliphatic carbocycles. The standard InChI is InChI=1S/C60H43N/c1-59(2)53-24-13-12-23-52(53)58-55(59)26-15-27-57(58)61(46-33-30-40(31-34-46)42-32-36-49-43(38-42)29-28-41-16-9-10-21-48(41)49)47-35-37-51-50-22-11-14-25-54(50)60(56(51)39-47,44-17-5-3-6-18-44)45-19-7-4-8-20-45/h3-39H,1-2H3. The zero-order valence-corrected chi connectivity index (χ0v) is 34.3. The first-order valence-corrected chi connectivity index (χ1v) is 21.4. The molecule has 1 heteroatoms. The number of rotatable bonds is 6. The molecule has 1 nitrogen and oxygen atoms in total. The summed E-state index contributed by atoms with van der Waals surface area (Å²) in [7, 11) is 0. The molecule has 61 heavy (non-hydrogen) atoms. The smallest absolute Gasteiger partial charge is 0.0714 e. The molecule has 10 aromatic rings. The number of anilines is 3. The Bertz CT molecular complexity index is 3280. The lowest BCUT2D eigenvalue weighted by molar-refractivity contribution is 0.660. The van der Waals surface area contributed by atoms with Gasteiger partial charge in [0.2, 0.25) is 0 Å². The van der Waals surface area contributed by atoms with Crippen molar-refractivity contribution >= 4 is 38.6 Å². The van der Waals surface area contributed by atoms with Gasteiger partial charge in [0, 0.05) is 22.4 Å². The van der Waals surface area contributed by atoms with E-state index < -0.39 is 5.41 Å². The van der Waals surface area contributed by atoms with Crippen LogP contribution < -0.4 is 4.90 Å². The molecule has 0 spiro atoms. The van der Waals surface area contributed by atoms with Crippen LogP contribution in [-0.2, 0) is 10.8 Å². The molecule has 0 aromatic heterocycles. The molecular weight excluding hydrogens is 735 g/mol. The highest BCUT2D eigenvalue weighted by atomic mass is 15.1. The third-order valence-electron chi connectivity index (χ3n) is 13.7. The van der Waals surface area contributed by atoms with Gasteiger partial charge in [0.15, 0.2) is 0 Å². The van der Waals surface area contributed by atoms with Crippen molar-refractivity contribution < 1.29 is 0 Å². The van der Waals surface area contributed by atoms with Gasteiger partial charge < -0.3 is 4.90 Å². The second-order valence-electron chi connectivity index (χ2n) is 17.2. The Morgan fingerprint density at radius 1 is 0.344 bits per heavy atom. The maximum absolute atomic E-state index is 2.51. The van der Waals surface area contributed by atoms with Crippen LogP contribution in [0.15, 0.2) is 224 Å². The monoisotopic (exact) mass is 777 g/mol. The van der Waals surface area contributed by atoms with E-state index in [2.05, 4.69) is 243 Å². The minimum atomic E-state index is -0.505. The fourth-order valence-corrected chi connectivity index (χ4v) is 10.9. The van der Waals surface area contributed by atoms with E-state index in [0.29, 0.717) is 0 Å². The fourth-order valence-electron chi connectivity index (χ4n) is 10.9. The first kappa shape index (κ1) is 35.5. The van der Waals surface area contributed by atoms with Crippen LogP contribution in [0.25, 0.3) is 54.9 Å². The summed E-state index contributed by atoms with van der Waals surface area (Å²) in [5, 5.41) is 5.10. The number of benzene rings is 10. The Kier molecular flexibility index (Phi) is 7.86. The van der Waals surface area contributed by atoms with Crippen molar-refractivity contribution in [3.8, 4) is 33.4 Å². The van der Waals surface area contributed by atoms with E-state index in [1.165, 1.54) is 94.0 Å². The SMILES string of the molecule is CC1(C)c2ccccc2-c2c(N(c3ccc(-c4ccc5c(ccc6ccccc65)c4)cc3)c3ccc4c(c3)C(c3ccccc3)(c3ccccc3)c3ccccc3-4)cccc21. The van der Waals surface area contributed by atoms with Crippen molar-refractivity contribution in [1.82, 2.24) is 0 Å². The molecule has 0 atom stereocenters. The van der Waals surface area contributed by atoms with E-state index >= 15 is 0 Å². The summed E-state index contributed by atoms with van der Waals surface area (Å²) in [5.41, 5.74) is 18.2.